The van der Waals surface area contributed by atoms with Crippen LogP contribution in [0, 0.1) is 5.41 Å². The predicted molar refractivity (Wildman–Crippen MR) is 67.7 cm³/mol. The summed E-state index contributed by atoms with van der Waals surface area (Å²) >= 11 is 0. The van der Waals surface area contributed by atoms with E-state index in [-0.39, 0.29) is 5.41 Å². The fraction of sp³-hybridized carbons (Fsp3) is 0.429. The Morgan fingerprint density at radius 2 is 2.00 bits per heavy atom. The molecule has 0 amide bonds. The van der Waals surface area contributed by atoms with Gasteiger partial charge in [0.25, 0.3) is 0 Å². The summed E-state index contributed by atoms with van der Waals surface area (Å²) in [5, 5.41) is 4.48. The van der Waals surface area contributed by atoms with E-state index in [4.69, 9.17) is 4.74 Å². The fourth-order valence-corrected chi connectivity index (χ4v) is 2.26. The molecule has 3 rings (SSSR count). The topological polar surface area (TPSA) is 30.9 Å². The molecule has 2 heterocycles. The quantitative estimate of drug-likeness (QED) is 0.720. The molecule has 1 atom stereocenters. The van der Waals surface area contributed by atoms with Gasteiger partial charge in [-0.3, -0.25) is 0 Å². The van der Waals surface area contributed by atoms with Gasteiger partial charge in [0, 0.05) is 0 Å². The van der Waals surface area contributed by atoms with Gasteiger partial charge in [-0.1, -0.05) is 43.7 Å². The van der Waals surface area contributed by atoms with Crippen LogP contribution in [0.1, 0.15) is 26.8 Å². The van der Waals surface area contributed by atoms with E-state index < -0.39 is 0 Å². The van der Waals surface area contributed by atoms with Crippen LogP contribution in [0.2, 0.25) is 0 Å². The van der Waals surface area contributed by atoms with Crippen molar-refractivity contribution in [3.63, 3.8) is 0 Å². The van der Waals surface area contributed by atoms with Crippen LogP contribution >= 0.6 is 0 Å². The average Bonchev–Trinajstić information content (AvgIpc) is 2.87. The molecule has 1 aliphatic heterocycles. The number of nitrogens with zero attached hydrogens (tertiary/aromatic N) is 3. The Hall–Kier alpha value is -1.84. The zero-order chi connectivity index (χ0) is 12.8. The molecule has 0 fully saturated rings. The second-order valence-electron chi connectivity index (χ2n) is 5.78. The first-order valence-electron chi connectivity index (χ1n) is 6.25. The van der Waals surface area contributed by atoms with Crippen LogP contribution in [-0.2, 0) is 0 Å². The number of para-hydroxylation sites is 1. The lowest BCUT2D eigenvalue weighted by Crippen LogP contribution is -2.42. The van der Waals surface area contributed by atoms with Gasteiger partial charge in [0.05, 0.1) is 5.10 Å². The van der Waals surface area contributed by atoms with E-state index in [1.807, 2.05) is 41.3 Å². The molecule has 1 aliphatic rings. The molecule has 1 aromatic carbocycles. The smallest absolute Gasteiger partial charge is 0.435 e. The van der Waals surface area contributed by atoms with Gasteiger partial charge < -0.3 is 4.74 Å². The van der Waals surface area contributed by atoms with Crippen LogP contribution in [0.3, 0.4) is 0 Å². The first-order chi connectivity index (χ1) is 8.55. The maximum absolute atomic E-state index is 5.67. The molecule has 4 heteroatoms. The minimum absolute atomic E-state index is 0.167. The van der Waals surface area contributed by atoms with Gasteiger partial charge >= 0.3 is 6.01 Å². The minimum Gasteiger partial charge on any atom is -0.435 e. The summed E-state index contributed by atoms with van der Waals surface area (Å²) in [4.78, 5) is 0. The largest absolute Gasteiger partial charge is 0.469 e. The van der Waals surface area contributed by atoms with Crippen LogP contribution in [-0.4, -0.2) is 16.4 Å². The van der Waals surface area contributed by atoms with Gasteiger partial charge in [0.2, 0.25) is 6.33 Å². The first kappa shape index (κ1) is 11.3. The summed E-state index contributed by atoms with van der Waals surface area (Å²) in [6.45, 7) is 7.39. The molecule has 2 aromatic rings. The normalized spacial score (nSPS) is 18.5. The third kappa shape index (κ3) is 1.78. The van der Waals surface area contributed by atoms with Crippen LogP contribution < -0.4 is 9.30 Å². The molecule has 0 aliphatic carbocycles. The Bertz CT molecular complexity index is 554. The standard InChI is InChI=1S/C14H18N3O/c1-14(2,3)12-9-18-13-15-17(10-16(12)13)11-7-5-4-6-8-11/h4-8,10,12H,9H2,1-3H3/q+1/t12-/m0/s1. The lowest BCUT2D eigenvalue weighted by Gasteiger charge is -2.22. The van der Waals surface area contributed by atoms with E-state index in [9.17, 15) is 0 Å². The monoisotopic (exact) mass is 244 g/mol. The van der Waals surface area contributed by atoms with Crippen LogP contribution in [0.5, 0.6) is 6.01 Å². The van der Waals surface area contributed by atoms with Crippen molar-refractivity contribution >= 4 is 0 Å². The number of fused-ring (bicyclic) bond motifs is 1. The number of rotatable bonds is 1. The summed E-state index contributed by atoms with van der Waals surface area (Å²) in [6, 6.07) is 11.1. The summed E-state index contributed by atoms with van der Waals surface area (Å²) in [6.07, 6.45) is 2.02. The Labute approximate surface area is 107 Å². The number of hydrogen-bond acceptors (Lipinski definition) is 2. The van der Waals surface area contributed by atoms with Gasteiger partial charge in [-0.2, -0.15) is 4.57 Å². The van der Waals surface area contributed by atoms with Gasteiger partial charge in [-0.25, -0.2) is 0 Å². The van der Waals surface area contributed by atoms with Crippen molar-refractivity contribution in [3.05, 3.63) is 36.7 Å². The van der Waals surface area contributed by atoms with E-state index in [2.05, 4.69) is 30.4 Å². The van der Waals surface area contributed by atoms with Crippen molar-refractivity contribution < 1.29 is 9.30 Å². The highest BCUT2D eigenvalue weighted by atomic mass is 16.5. The van der Waals surface area contributed by atoms with E-state index in [1.54, 1.807) is 0 Å². The van der Waals surface area contributed by atoms with Gasteiger partial charge in [-0.05, 0) is 17.5 Å². The average molecular weight is 244 g/mol. The number of aromatic nitrogens is 3. The molecule has 94 valence electrons. The molecule has 0 bridgehead atoms. The molecule has 0 saturated carbocycles. The maximum Gasteiger partial charge on any atom is 0.469 e. The Morgan fingerprint density at radius 1 is 1.28 bits per heavy atom. The van der Waals surface area contributed by atoms with E-state index >= 15 is 0 Å². The van der Waals surface area contributed by atoms with Crippen molar-refractivity contribution in [2.24, 2.45) is 5.41 Å². The third-order valence-corrected chi connectivity index (χ3v) is 3.37. The zero-order valence-electron chi connectivity index (χ0n) is 11.0. The summed E-state index contributed by atoms with van der Waals surface area (Å²) < 4.78 is 9.67. The van der Waals surface area contributed by atoms with Crippen LogP contribution in [0.4, 0.5) is 0 Å². The summed E-state index contributed by atoms with van der Waals surface area (Å²) in [5.74, 6) is 0. The highest BCUT2D eigenvalue weighted by Gasteiger charge is 2.40. The Kier molecular flexibility index (Phi) is 2.40. The number of hydrogen-bond donors (Lipinski definition) is 0. The molecule has 0 saturated heterocycles. The van der Waals surface area contributed by atoms with E-state index in [0.717, 1.165) is 5.69 Å². The van der Waals surface area contributed by atoms with Crippen molar-refractivity contribution in [3.8, 4) is 11.7 Å². The molecule has 0 N–H and O–H groups in total. The predicted octanol–water partition coefficient (Wildman–Crippen LogP) is 2.14. The zero-order valence-corrected chi connectivity index (χ0v) is 11.0. The maximum atomic E-state index is 5.67. The highest BCUT2D eigenvalue weighted by molar-refractivity contribution is 5.29. The van der Waals surface area contributed by atoms with Crippen molar-refractivity contribution in [2.75, 3.05) is 6.61 Å². The molecule has 4 nitrogen and oxygen atoms in total. The van der Waals surface area contributed by atoms with Crippen molar-refractivity contribution in [1.29, 1.82) is 0 Å². The summed E-state index contributed by atoms with van der Waals surface area (Å²) in [7, 11) is 0. The Balaban J connectivity index is 2.00. The fourth-order valence-electron chi connectivity index (χ4n) is 2.26. The molecule has 18 heavy (non-hydrogen) atoms. The SMILES string of the molecule is CC(C)(C)[C@@H]1COc2nn(-c3ccccc3)c[n+]21. The van der Waals surface area contributed by atoms with E-state index in [1.165, 1.54) is 0 Å². The van der Waals surface area contributed by atoms with E-state index in [0.29, 0.717) is 18.7 Å². The molecule has 0 spiro atoms. The molecular formula is C14H18N3O+. The van der Waals surface area contributed by atoms with Crippen LogP contribution in [0.15, 0.2) is 36.7 Å². The second-order valence-corrected chi connectivity index (χ2v) is 5.78. The van der Waals surface area contributed by atoms with Gasteiger partial charge in [0.15, 0.2) is 0 Å². The van der Waals surface area contributed by atoms with Crippen molar-refractivity contribution in [1.82, 2.24) is 9.78 Å². The first-order valence-corrected chi connectivity index (χ1v) is 6.25. The third-order valence-electron chi connectivity index (χ3n) is 3.37. The lowest BCUT2D eigenvalue weighted by atomic mass is 9.87. The Morgan fingerprint density at radius 3 is 2.67 bits per heavy atom. The molecule has 0 radical (unpaired) electrons. The van der Waals surface area contributed by atoms with Crippen molar-refractivity contribution in [2.45, 2.75) is 26.8 Å². The lowest BCUT2D eigenvalue weighted by molar-refractivity contribution is -0.717. The molecular weight excluding hydrogens is 226 g/mol. The molecule has 1 aromatic heterocycles. The molecule has 0 unspecified atom stereocenters. The van der Waals surface area contributed by atoms with Gasteiger partial charge in [0.1, 0.15) is 18.3 Å². The number of benzene rings is 1. The second kappa shape index (κ2) is 3.83. The van der Waals surface area contributed by atoms with Crippen LogP contribution in [0.25, 0.3) is 5.69 Å². The summed E-state index contributed by atoms with van der Waals surface area (Å²) in [5.41, 5.74) is 1.22. The minimum atomic E-state index is 0.167. The highest BCUT2D eigenvalue weighted by Crippen LogP contribution is 2.31. The van der Waals surface area contributed by atoms with Gasteiger partial charge in [-0.15, -0.1) is 0 Å². The number of ether oxygens (including phenoxy) is 1.